The molecule has 0 aromatic heterocycles. The van der Waals surface area contributed by atoms with Gasteiger partial charge in [-0.05, 0) is 24.1 Å². The molecule has 0 radical (unpaired) electrons. The first-order chi connectivity index (χ1) is 9.74. The maximum atomic E-state index is 11.6. The van der Waals surface area contributed by atoms with E-state index in [0.29, 0.717) is 0 Å². The molecule has 0 saturated carbocycles. The summed E-state index contributed by atoms with van der Waals surface area (Å²) >= 11 is 0. The molecule has 3 nitrogen and oxygen atoms in total. The van der Waals surface area contributed by atoms with Crippen molar-refractivity contribution in [2.24, 2.45) is 5.10 Å². The summed E-state index contributed by atoms with van der Waals surface area (Å²) in [6.07, 6.45) is 4.83. The predicted octanol–water partition coefficient (Wildman–Crippen LogP) is 3.16. The van der Waals surface area contributed by atoms with E-state index in [1.807, 2.05) is 61.5 Å². The average Bonchev–Trinajstić information content (AvgIpc) is 2.48. The minimum Gasteiger partial charge on any atom is -0.268 e. The molecule has 2 aromatic carbocycles. The average molecular weight is 264 g/mol. The molecule has 3 heteroatoms. The minimum atomic E-state index is -0.252. The summed E-state index contributed by atoms with van der Waals surface area (Å²) in [6.45, 7) is 2.03. The molecule has 2 aromatic rings. The second-order valence-electron chi connectivity index (χ2n) is 4.39. The highest BCUT2D eigenvalue weighted by Gasteiger charge is 1.92. The number of aryl methyl sites for hydroxylation is 1. The molecule has 2 rings (SSSR count). The number of hydrazone groups is 1. The van der Waals surface area contributed by atoms with Crippen molar-refractivity contribution in [3.05, 3.63) is 77.4 Å². The van der Waals surface area contributed by atoms with Crippen LogP contribution in [0.4, 0.5) is 0 Å². The highest BCUT2D eigenvalue weighted by molar-refractivity contribution is 5.92. The van der Waals surface area contributed by atoms with E-state index in [-0.39, 0.29) is 5.91 Å². The smallest absolute Gasteiger partial charge is 0.264 e. The Balaban J connectivity index is 1.86. The zero-order valence-corrected chi connectivity index (χ0v) is 11.3. The fourth-order valence-corrected chi connectivity index (χ4v) is 1.60. The van der Waals surface area contributed by atoms with Crippen LogP contribution in [0.25, 0.3) is 6.08 Å². The van der Waals surface area contributed by atoms with Crippen LogP contribution in [0.3, 0.4) is 0 Å². The molecule has 0 aliphatic heterocycles. The minimum absolute atomic E-state index is 0.252. The van der Waals surface area contributed by atoms with Gasteiger partial charge in [-0.15, -0.1) is 0 Å². The molecule has 0 fully saturated rings. The molecule has 100 valence electrons. The van der Waals surface area contributed by atoms with Gasteiger partial charge in [0.25, 0.3) is 5.91 Å². The molecule has 0 aliphatic carbocycles. The number of hydrogen-bond donors (Lipinski definition) is 1. The number of nitrogens with zero attached hydrogens (tertiary/aromatic N) is 1. The number of hydrogen-bond acceptors (Lipinski definition) is 2. The number of rotatable bonds is 4. The SMILES string of the molecule is Cc1ccc(C=CC(=O)NN=Cc2ccccc2)cc1. The van der Waals surface area contributed by atoms with Gasteiger partial charge in [-0.2, -0.15) is 5.10 Å². The first-order valence-electron chi connectivity index (χ1n) is 6.37. The molecule has 0 saturated heterocycles. The fourth-order valence-electron chi connectivity index (χ4n) is 1.60. The molecular weight excluding hydrogens is 248 g/mol. The van der Waals surface area contributed by atoms with Crippen molar-refractivity contribution in [1.82, 2.24) is 5.43 Å². The summed E-state index contributed by atoms with van der Waals surface area (Å²) < 4.78 is 0. The summed E-state index contributed by atoms with van der Waals surface area (Å²) in [6, 6.07) is 17.5. The van der Waals surface area contributed by atoms with Gasteiger partial charge < -0.3 is 0 Å². The Kier molecular flexibility index (Phi) is 4.84. The van der Waals surface area contributed by atoms with Gasteiger partial charge in [0.05, 0.1) is 6.21 Å². The summed E-state index contributed by atoms with van der Waals surface area (Å²) in [5, 5.41) is 3.89. The molecular formula is C17H16N2O. The van der Waals surface area contributed by atoms with Crippen molar-refractivity contribution in [2.45, 2.75) is 6.92 Å². The standard InChI is InChI=1S/C17H16N2O/c1-14-7-9-15(10-8-14)11-12-17(20)19-18-13-16-5-3-2-4-6-16/h2-13H,1H3,(H,19,20). The Hall–Kier alpha value is -2.68. The predicted molar refractivity (Wildman–Crippen MR) is 82.4 cm³/mol. The molecule has 1 N–H and O–H groups in total. The van der Waals surface area contributed by atoms with Crippen molar-refractivity contribution < 1.29 is 4.79 Å². The van der Waals surface area contributed by atoms with E-state index in [2.05, 4.69) is 10.5 Å². The summed E-state index contributed by atoms with van der Waals surface area (Å²) in [4.78, 5) is 11.6. The quantitative estimate of drug-likeness (QED) is 0.514. The second kappa shape index (κ2) is 7.04. The van der Waals surface area contributed by atoms with Gasteiger partial charge in [-0.25, -0.2) is 5.43 Å². The van der Waals surface area contributed by atoms with Crippen LogP contribution in [0, 0.1) is 6.92 Å². The van der Waals surface area contributed by atoms with Crippen LogP contribution < -0.4 is 5.43 Å². The lowest BCUT2D eigenvalue weighted by molar-refractivity contribution is -0.116. The Morgan fingerprint density at radius 1 is 1.00 bits per heavy atom. The van der Waals surface area contributed by atoms with Crippen molar-refractivity contribution >= 4 is 18.2 Å². The monoisotopic (exact) mass is 264 g/mol. The lowest BCUT2D eigenvalue weighted by atomic mass is 10.1. The van der Waals surface area contributed by atoms with E-state index < -0.39 is 0 Å². The van der Waals surface area contributed by atoms with Gasteiger partial charge in [-0.1, -0.05) is 60.2 Å². The van der Waals surface area contributed by atoms with Crippen LogP contribution in [-0.2, 0) is 4.79 Å². The van der Waals surface area contributed by atoms with Gasteiger partial charge in [0.2, 0.25) is 0 Å². The highest BCUT2D eigenvalue weighted by Crippen LogP contribution is 2.04. The third-order valence-corrected chi connectivity index (χ3v) is 2.69. The number of benzene rings is 2. The van der Waals surface area contributed by atoms with Crippen LogP contribution in [0.5, 0.6) is 0 Å². The van der Waals surface area contributed by atoms with E-state index in [4.69, 9.17) is 0 Å². The maximum Gasteiger partial charge on any atom is 0.264 e. The Labute approximate surface area is 118 Å². The second-order valence-corrected chi connectivity index (χ2v) is 4.39. The van der Waals surface area contributed by atoms with E-state index in [1.165, 1.54) is 11.6 Å². The molecule has 0 atom stereocenters. The Morgan fingerprint density at radius 2 is 1.70 bits per heavy atom. The summed E-state index contributed by atoms with van der Waals surface area (Å²) in [7, 11) is 0. The first kappa shape index (κ1) is 13.7. The largest absolute Gasteiger partial charge is 0.268 e. The van der Waals surface area contributed by atoms with Crippen molar-refractivity contribution in [3.63, 3.8) is 0 Å². The van der Waals surface area contributed by atoms with E-state index in [0.717, 1.165) is 11.1 Å². The maximum absolute atomic E-state index is 11.6. The summed E-state index contributed by atoms with van der Waals surface area (Å²) in [5.74, 6) is -0.252. The Bertz CT molecular complexity index is 613. The van der Waals surface area contributed by atoms with E-state index in [1.54, 1.807) is 12.3 Å². The molecule has 0 bridgehead atoms. The first-order valence-corrected chi connectivity index (χ1v) is 6.37. The number of amides is 1. The Morgan fingerprint density at radius 3 is 2.40 bits per heavy atom. The highest BCUT2D eigenvalue weighted by atomic mass is 16.2. The third kappa shape index (κ3) is 4.53. The molecule has 0 unspecified atom stereocenters. The van der Waals surface area contributed by atoms with E-state index >= 15 is 0 Å². The topological polar surface area (TPSA) is 41.5 Å². The number of carbonyl (C=O) groups excluding carboxylic acids is 1. The number of carbonyl (C=O) groups is 1. The van der Waals surface area contributed by atoms with Gasteiger partial charge >= 0.3 is 0 Å². The van der Waals surface area contributed by atoms with Gasteiger partial charge in [0.15, 0.2) is 0 Å². The number of nitrogens with one attached hydrogen (secondary N) is 1. The van der Waals surface area contributed by atoms with Gasteiger partial charge in [0.1, 0.15) is 0 Å². The zero-order chi connectivity index (χ0) is 14.2. The van der Waals surface area contributed by atoms with Crippen LogP contribution in [0.1, 0.15) is 16.7 Å². The van der Waals surface area contributed by atoms with Crippen LogP contribution in [0.15, 0.2) is 65.8 Å². The molecule has 0 spiro atoms. The fraction of sp³-hybridized carbons (Fsp3) is 0.0588. The molecule has 0 aliphatic rings. The molecule has 0 heterocycles. The van der Waals surface area contributed by atoms with Crippen molar-refractivity contribution in [3.8, 4) is 0 Å². The van der Waals surface area contributed by atoms with Gasteiger partial charge in [0, 0.05) is 6.08 Å². The third-order valence-electron chi connectivity index (χ3n) is 2.69. The van der Waals surface area contributed by atoms with Gasteiger partial charge in [-0.3, -0.25) is 4.79 Å². The van der Waals surface area contributed by atoms with Crippen LogP contribution >= 0.6 is 0 Å². The zero-order valence-electron chi connectivity index (χ0n) is 11.3. The van der Waals surface area contributed by atoms with Crippen LogP contribution in [0.2, 0.25) is 0 Å². The normalized spacial score (nSPS) is 11.1. The van der Waals surface area contributed by atoms with Crippen LogP contribution in [-0.4, -0.2) is 12.1 Å². The van der Waals surface area contributed by atoms with Crippen molar-refractivity contribution in [1.29, 1.82) is 0 Å². The lowest BCUT2D eigenvalue weighted by Crippen LogP contribution is -2.14. The van der Waals surface area contributed by atoms with E-state index in [9.17, 15) is 4.79 Å². The molecule has 20 heavy (non-hydrogen) atoms. The van der Waals surface area contributed by atoms with Crippen molar-refractivity contribution in [2.75, 3.05) is 0 Å². The molecule has 1 amide bonds. The summed E-state index contributed by atoms with van der Waals surface area (Å²) in [5.41, 5.74) is 5.57. The lowest BCUT2D eigenvalue weighted by Gasteiger charge is -1.95.